The first-order valence-electron chi connectivity index (χ1n) is 12.8. The van der Waals surface area contributed by atoms with Gasteiger partial charge in [-0.3, -0.25) is 9.80 Å². The number of nitrogens with zero attached hydrogens (tertiary/aromatic N) is 1. The Balaban J connectivity index is 1.77. The van der Waals surface area contributed by atoms with E-state index in [1.165, 1.54) is 7.11 Å². The zero-order valence-corrected chi connectivity index (χ0v) is 22.6. The molecule has 1 fully saturated rings. The molecule has 3 rings (SSSR count). The van der Waals surface area contributed by atoms with Gasteiger partial charge in [-0.15, -0.1) is 0 Å². The maximum absolute atomic E-state index is 13.6. The van der Waals surface area contributed by atoms with Crippen molar-refractivity contribution in [2.75, 3.05) is 40.5 Å². The third-order valence-electron chi connectivity index (χ3n) is 6.51. The van der Waals surface area contributed by atoms with Gasteiger partial charge in [0, 0.05) is 43.4 Å². The second-order valence-corrected chi connectivity index (χ2v) is 9.71. The third-order valence-corrected chi connectivity index (χ3v) is 6.74. The van der Waals surface area contributed by atoms with Gasteiger partial charge in [-0.1, -0.05) is 42.3 Å². The topological polar surface area (TPSA) is 89.1 Å². The number of ether oxygens (including phenoxy) is 3. The average molecular weight is 532 g/mol. The summed E-state index contributed by atoms with van der Waals surface area (Å²) < 4.78 is 16.5. The number of benzene rings is 2. The molecule has 1 aliphatic rings. The Bertz CT molecular complexity index is 1010. The molecule has 37 heavy (non-hydrogen) atoms. The molecule has 0 radical (unpaired) electrons. The smallest absolute Gasteiger partial charge is 0.406 e. The minimum absolute atomic E-state index is 0.00257. The van der Waals surface area contributed by atoms with Crippen LogP contribution in [0.15, 0.2) is 48.5 Å². The van der Waals surface area contributed by atoms with Crippen molar-refractivity contribution in [3.05, 3.63) is 70.2 Å². The normalized spacial score (nSPS) is 17.4. The fourth-order valence-electron chi connectivity index (χ4n) is 4.70. The van der Waals surface area contributed by atoms with Crippen molar-refractivity contribution in [1.82, 2.24) is 15.8 Å². The number of rotatable bonds is 11. The lowest BCUT2D eigenvalue weighted by Crippen LogP contribution is -2.47. The number of nitrogens with one attached hydrogen (secondary N) is 2. The second-order valence-electron chi connectivity index (χ2n) is 9.27. The summed E-state index contributed by atoms with van der Waals surface area (Å²) in [5.41, 5.74) is 5.31. The summed E-state index contributed by atoms with van der Waals surface area (Å²) in [6, 6.07) is 14.9. The number of amides is 2. The van der Waals surface area contributed by atoms with Crippen molar-refractivity contribution in [3.8, 4) is 0 Å². The van der Waals surface area contributed by atoms with Crippen molar-refractivity contribution < 1.29 is 23.8 Å². The van der Waals surface area contributed by atoms with Gasteiger partial charge in [0.05, 0.1) is 13.7 Å². The van der Waals surface area contributed by atoms with Crippen molar-refractivity contribution in [2.24, 2.45) is 5.92 Å². The number of hydrogen-bond acceptors (Lipinski definition) is 6. The molecule has 0 bridgehead atoms. The van der Waals surface area contributed by atoms with Crippen LogP contribution in [0, 0.1) is 5.92 Å². The van der Waals surface area contributed by atoms with Gasteiger partial charge in [-0.2, -0.15) is 0 Å². The first-order chi connectivity index (χ1) is 17.9. The third kappa shape index (κ3) is 8.71. The molecule has 0 aliphatic carbocycles. The molecule has 202 valence electrons. The predicted octanol–water partition coefficient (Wildman–Crippen LogP) is 4.97. The molecule has 0 saturated carbocycles. The van der Waals surface area contributed by atoms with E-state index < -0.39 is 12.2 Å². The molecule has 1 aliphatic heterocycles. The van der Waals surface area contributed by atoms with Crippen LogP contribution in [0.1, 0.15) is 60.2 Å². The summed E-state index contributed by atoms with van der Waals surface area (Å²) in [5.74, 6) is 0.329. The highest BCUT2D eigenvalue weighted by Gasteiger charge is 2.25. The second kappa shape index (κ2) is 14.9. The summed E-state index contributed by atoms with van der Waals surface area (Å²) in [6.07, 6.45) is 3.25. The molecule has 8 nitrogen and oxygen atoms in total. The van der Waals surface area contributed by atoms with E-state index in [0.717, 1.165) is 50.0 Å². The Labute approximate surface area is 224 Å². The van der Waals surface area contributed by atoms with Crippen LogP contribution in [0.25, 0.3) is 0 Å². The van der Waals surface area contributed by atoms with Gasteiger partial charge in [0.2, 0.25) is 0 Å². The van der Waals surface area contributed by atoms with Gasteiger partial charge in [0.1, 0.15) is 6.10 Å². The van der Waals surface area contributed by atoms with Crippen LogP contribution in [0.3, 0.4) is 0 Å². The van der Waals surface area contributed by atoms with Crippen LogP contribution in [0.2, 0.25) is 5.02 Å². The number of carbonyl (C=O) groups excluding carboxylic acids is 2. The van der Waals surface area contributed by atoms with E-state index in [-0.39, 0.29) is 25.1 Å². The highest BCUT2D eigenvalue weighted by Crippen LogP contribution is 2.29. The Morgan fingerprint density at radius 2 is 1.92 bits per heavy atom. The highest BCUT2D eigenvalue weighted by molar-refractivity contribution is 6.30. The summed E-state index contributed by atoms with van der Waals surface area (Å²) >= 11 is 6.26. The van der Waals surface area contributed by atoms with E-state index >= 15 is 0 Å². The number of carbonyl (C=O) groups is 2. The van der Waals surface area contributed by atoms with E-state index in [0.29, 0.717) is 16.5 Å². The molecular formula is C28H38ClN3O5. The molecule has 2 aromatic rings. The zero-order valence-electron chi connectivity index (χ0n) is 21.9. The number of alkyl carbamates (subject to hydrolysis) is 1. The molecular weight excluding hydrogens is 494 g/mol. The average Bonchev–Trinajstić information content (AvgIpc) is 3.17. The van der Waals surface area contributed by atoms with E-state index in [4.69, 9.17) is 21.1 Å². The van der Waals surface area contributed by atoms with Crippen LogP contribution in [0.5, 0.6) is 0 Å². The number of hydrogen-bond donors (Lipinski definition) is 2. The van der Waals surface area contributed by atoms with E-state index in [1.54, 1.807) is 18.1 Å². The molecule has 2 aromatic carbocycles. The van der Waals surface area contributed by atoms with E-state index in [9.17, 15) is 9.59 Å². The lowest BCUT2D eigenvalue weighted by atomic mass is 9.95. The van der Waals surface area contributed by atoms with Crippen molar-refractivity contribution in [3.63, 3.8) is 0 Å². The van der Waals surface area contributed by atoms with Gasteiger partial charge in [0.25, 0.3) is 5.91 Å². The fraction of sp³-hybridized carbons (Fsp3) is 0.500. The van der Waals surface area contributed by atoms with Crippen LogP contribution < -0.4 is 10.7 Å². The number of hydrazine groups is 1. The molecule has 3 atom stereocenters. The Kier molecular flexibility index (Phi) is 11.7. The van der Waals surface area contributed by atoms with Gasteiger partial charge < -0.3 is 19.5 Å². The van der Waals surface area contributed by atoms with Gasteiger partial charge >= 0.3 is 6.09 Å². The zero-order chi connectivity index (χ0) is 26.6. The van der Waals surface area contributed by atoms with Gasteiger partial charge in [-0.05, 0) is 67.5 Å². The van der Waals surface area contributed by atoms with E-state index in [2.05, 4.69) is 22.4 Å². The van der Waals surface area contributed by atoms with Crippen LogP contribution in [-0.4, -0.2) is 63.6 Å². The highest BCUT2D eigenvalue weighted by atomic mass is 35.5. The molecule has 9 heteroatoms. The summed E-state index contributed by atoms with van der Waals surface area (Å²) in [4.78, 5) is 25.0. The lowest BCUT2D eigenvalue weighted by Gasteiger charge is -2.31. The van der Waals surface area contributed by atoms with Gasteiger partial charge in [-0.25, -0.2) is 10.2 Å². The quantitative estimate of drug-likeness (QED) is 0.314. The summed E-state index contributed by atoms with van der Waals surface area (Å²) in [7, 11) is 3.08. The first-order valence-corrected chi connectivity index (χ1v) is 13.2. The Hall–Kier alpha value is -2.65. The van der Waals surface area contributed by atoms with Crippen molar-refractivity contribution in [2.45, 2.75) is 44.8 Å². The molecule has 3 unspecified atom stereocenters. The Morgan fingerprint density at radius 1 is 1.16 bits per heavy atom. The Morgan fingerprint density at radius 3 is 2.65 bits per heavy atom. The monoisotopic (exact) mass is 531 g/mol. The van der Waals surface area contributed by atoms with Crippen LogP contribution in [0.4, 0.5) is 4.79 Å². The van der Waals surface area contributed by atoms with Crippen LogP contribution >= 0.6 is 11.6 Å². The van der Waals surface area contributed by atoms with Gasteiger partial charge in [0.15, 0.2) is 0 Å². The predicted molar refractivity (Wildman–Crippen MR) is 144 cm³/mol. The molecule has 2 N–H and O–H groups in total. The largest absolute Gasteiger partial charge is 0.453 e. The molecule has 2 amide bonds. The molecule has 0 aromatic heterocycles. The molecule has 1 heterocycles. The number of methoxy groups -OCH3 is 1. The molecule has 1 saturated heterocycles. The first kappa shape index (κ1) is 28.9. The summed E-state index contributed by atoms with van der Waals surface area (Å²) in [6.45, 7) is 4.15. The van der Waals surface area contributed by atoms with Crippen LogP contribution in [-0.2, 0) is 14.2 Å². The maximum atomic E-state index is 13.6. The number of halogens is 1. The maximum Gasteiger partial charge on any atom is 0.406 e. The standard InChI is InChI=1S/C28H38ClN3O5/c1-20(16-21-8-4-5-14-36-19-21)32(30-2)27(33)24-11-6-9-22(17-24)26(23-10-7-12-25(29)18-23)37-15-13-31-28(34)35-3/h6-7,9-12,17-18,20-21,26,30H,4-5,8,13-16,19H2,1-3H3,(H,31,34). The fourth-order valence-corrected chi connectivity index (χ4v) is 4.90. The molecule has 0 spiro atoms. The minimum Gasteiger partial charge on any atom is -0.453 e. The van der Waals surface area contributed by atoms with Crippen molar-refractivity contribution in [1.29, 1.82) is 0 Å². The SMILES string of the molecule is CNN(C(=O)c1cccc(C(OCCNC(=O)OC)c2cccc(Cl)c2)c1)C(C)CC1CCCCOC1. The van der Waals surface area contributed by atoms with E-state index in [1.807, 2.05) is 42.5 Å². The summed E-state index contributed by atoms with van der Waals surface area (Å²) in [5, 5.41) is 4.89. The van der Waals surface area contributed by atoms with Crippen molar-refractivity contribution >= 4 is 23.6 Å². The minimum atomic E-state index is -0.521. The lowest BCUT2D eigenvalue weighted by molar-refractivity contribution is 0.0508.